The fourth-order valence-corrected chi connectivity index (χ4v) is 2.57. The first-order valence-corrected chi connectivity index (χ1v) is 7.37. The monoisotopic (exact) mass is 326 g/mol. The Hall–Kier alpha value is -3.15. The van der Waals surface area contributed by atoms with E-state index in [0.717, 1.165) is 16.5 Å². The summed E-state index contributed by atoms with van der Waals surface area (Å²) in [5.74, 6) is -1.60. The van der Waals surface area contributed by atoms with Crippen molar-refractivity contribution >= 4 is 22.8 Å². The van der Waals surface area contributed by atoms with E-state index in [2.05, 4.69) is 10.3 Å². The van der Waals surface area contributed by atoms with E-state index in [0.29, 0.717) is 11.1 Å². The van der Waals surface area contributed by atoms with Gasteiger partial charge in [0.25, 0.3) is 5.91 Å². The molecule has 3 N–H and O–H groups in total. The number of benzene rings is 2. The number of hydrogen-bond donors (Lipinski definition) is 3. The minimum Gasteiger partial charge on any atom is -0.481 e. The Bertz CT molecular complexity index is 918. The minimum atomic E-state index is -0.951. The van der Waals surface area contributed by atoms with Crippen molar-refractivity contribution in [3.63, 3.8) is 0 Å². The molecule has 0 unspecified atom stereocenters. The van der Waals surface area contributed by atoms with Crippen LogP contribution >= 0.6 is 0 Å². The number of aromatic nitrogens is 1. The summed E-state index contributed by atoms with van der Waals surface area (Å²) in [5, 5.41) is 12.3. The third kappa shape index (κ3) is 3.43. The van der Waals surface area contributed by atoms with Gasteiger partial charge in [0.05, 0.1) is 6.42 Å². The van der Waals surface area contributed by atoms with Crippen molar-refractivity contribution in [3.8, 4) is 0 Å². The summed E-state index contributed by atoms with van der Waals surface area (Å²) in [7, 11) is 0. The standard InChI is InChI=1S/C18H15FN2O3/c19-14-4-5-16-15(8-14)13(9-20-16)10-21-18(24)12-3-1-2-11(6-12)7-17(22)23/h1-6,8-9,20H,7,10H2,(H,21,24)(H,22,23). The Labute approximate surface area is 137 Å². The second-order valence-corrected chi connectivity index (χ2v) is 5.46. The number of carbonyl (C=O) groups is 2. The molecule has 1 aromatic heterocycles. The van der Waals surface area contributed by atoms with Crippen molar-refractivity contribution in [2.75, 3.05) is 0 Å². The maximum absolute atomic E-state index is 13.4. The Morgan fingerprint density at radius 2 is 2.00 bits per heavy atom. The van der Waals surface area contributed by atoms with Gasteiger partial charge in [0.2, 0.25) is 0 Å². The van der Waals surface area contributed by atoms with Crippen molar-refractivity contribution < 1.29 is 19.1 Å². The molecule has 0 fully saturated rings. The molecule has 0 aliphatic heterocycles. The maximum Gasteiger partial charge on any atom is 0.307 e. The zero-order valence-corrected chi connectivity index (χ0v) is 12.7. The summed E-state index contributed by atoms with van der Waals surface area (Å²) >= 11 is 0. The van der Waals surface area contributed by atoms with E-state index in [1.165, 1.54) is 12.1 Å². The van der Waals surface area contributed by atoms with E-state index in [1.807, 2.05) is 0 Å². The number of carbonyl (C=O) groups excluding carboxylic acids is 1. The number of amides is 1. The van der Waals surface area contributed by atoms with E-state index >= 15 is 0 Å². The summed E-state index contributed by atoms with van der Waals surface area (Å²) < 4.78 is 13.4. The molecule has 1 heterocycles. The van der Waals surface area contributed by atoms with Crippen molar-refractivity contribution in [2.45, 2.75) is 13.0 Å². The molecule has 3 rings (SSSR count). The quantitative estimate of drug-likeness (QED) is 0.674. The van der Waals surface area contributed by atoms with Crippen LogP contribution in [0.25, 0.3) is 10.9 Å². The van der Waals surface area contributed by atoms with E-state index in [4.69, 9.17) is 5.11 Å². The molecule has 6 heteroatoms. The molecule has 0 aliphatic rings. The van der Waals surface area contributed by atoms with Crippen LogP contribution in [0.15, 0.2) is 48.7 Å². The van der Waals surface area contributed by atoms with E-state index in [9.17, 15) is 14.0 Å². The number of H-pyrrole nitrogens is 1. The Balaban J connectivity index is 1.73. The van der Waals surface area contributed by atoms with Crippen LogP contribution in [0.1, 0.15) is 21.5 Å². The number of aliphatic carboxylic acids is 1. The van der Waals surface area contributed by atoms with Gasteiger partial charge in [-0.25, -0.2) is 4.39 Å². The zero-order chi connectivity index (χ0) is 17.1. The predicted molar refractivity (Wildman–Crippen MR) is 87.2 cm³/mol. The van der Waals surface area contributed by atoms with Crippen molar-refractivity contribution in [1.82, 2.24) is 10.3 Å². The van der Waals surface area contributed by atoms with Crippen LogP contribution in [-0.2, 0) is 17.8 Å². The van der Waals surface area contributed by atoms with E-state index in [-0.39, 0.29) is 24.7 Å². The van der Waals surface area contributed by atoms with E-state index in [1.54, 1.807) is 36.5 Å². The smallest absolute Gasteiger partial charge is 0.307 e. The lowest BCUT2D eigenvalue weighted by Gasteiger charge is -2.06. The number of carboxylic acid groups (broad SMARTS) is 1. The Morgan fingerprint density at radius 3 is 2.79 bits per heavy atom. The first-order valence-electron chi connectivity index (χ1n) is 7.37. The molecule has 0 atom stereocenters. The molecule has 0 saturated heterocycles. The van der Waals surface area contributed by atoms with Crippen LogP contribution in [0.4, 0.5) is 4.39 Å². The molecule has 0 saturated carbocycles. The number of hydrogen-bond acceptors (Lipinski definition) is 2. The largest absolute Gasteiger partial charge is 0.481 e. The topological polar surface area (TPSA) is 82.2 Å². The summed E-state index contributed by atoms with van der Waals surface area (Å²) in [5.41, 5.74) is 2.52. The van der Waals surface area contributed by atoms with Gasteiger partial charge in [0.15, 0.2) is 0 Å². The lowest BCUT2D eigenvalue weighted by molar-refractivity contribution is -0.136. The fourth-order valence-electron chi connectivity index (χ4n) is 2.57. The van der Waals surface area contributed by atoms with Crippen molar-refractivity contribution in [1.29, 1.82) is 0 Å². The van der Waals surface area contributed by atoms with Gasteiger partial charge in [-0.2, -0.15) is 0 Å². The molecule has 0 aliphatic carbocycles. The predicted octanol–water partition coefficient (Wildman–Crippen LogP) is 2.86. The molecular formula is C18H15FN2O3. The van der Waals surface area contributed by atoms with Gasteiger partial charge in [0.1, 0.15) is 5.82 Å². The fraction of sp³-hybridized carbons (Fsp3) is 0.111. The number of carboxylic acids is 1. The molecule has 122 valence electrons. The van der Waals surface area contributed by atoms with E-state index < -0.39 is 5.97 Å². The number of fused-ring (bicyclic) bond motifs is 1. The maximum atomic E-state index is 13.4. The number of rotatable bonds is 5. The highest BCUT2D eigenvalue weighted by Gasteiger charge is 2.10. The molecule has 24 heavy (non-hydrogen) atoms. The molecule has 5 nitrogen and oxygen atoms in total. The van der Waals surface area contributed by atoms with Gasteiger partial charge in [-0.15, -0.1) is 0 Å². The van der Waals surface area contributed by atoms with Crippen molar-refractivity contribution in [2.24, 2.45) is 0 Å². The highest BCUT2D eigenvalue weighted by molar-refractivity contribution is 5.95. The Morgan fingerprint density at radius 1 is 1.17 bits per heavy atom. The molecule has 3 aromatic rings. The van der Waals surface area contributed by atoms with Crippen LogP contribution in [-0.4, -0.2) is 22.0 Å². The van der Waals surface area contributed by atoms with Gasteiger partial charge in [-0.05, 0) is 41.5 Å². The van der Waals surface area contributed by atoms with Gasteiger partial charge in [0, 0.05) is 29.2 Å². The average molecular weight is 326 g/mol. The van der Waals surface area contributed by atoms with Gasteiger partial charge >= 0.3 is 5.97 Å². The SMILES string of the molecule is O=C(O)Cc1cccc(C(=O)NCc2c[nH]c3ccc(F)cc23)c1. The minimum absolute atomic E-state index is 0.136. The van der Waals surface area contributed by atoms with Crippen LogP contribution < -0.4 is 5.32 Å². The molecular weight excluding hydrogens is 311 g/mol. The number of halogens is 1. The van der Waals surface area contributed by atoms with Gasteiger partial charge < -0.3 is 15.4 Å². The summed E-state index contributed by atoms with van der Waals surface area (Å²) in [6, 6.07) is 10.9. The first kappa shape index (κ1) is 15.7. The first-order chi connectivity index (χ1) is 11.5. The van der Waals surface area contributed by atoms with Crippen LogP contribution in [0.2, 0.25) is 0 Å². The number of aromatic amines is 1. The summed E-state index contributed by atoms with van der Waals surface area (Å²) in [6.45, 7) is 0.242. The molecule has 1 amide bonds. The second-order valence-electron chi connectivity index (χ2n) is 5.46. The molecule has 0 radical (unpaired) electrons. The second kappa shape index (κ2) is 6.54. The summed E-state index contributed by atoms with van der Waals surface area (Å²) in [4.78, 5) is 26.0. The van der Waals surface area contributed by atoms with Crippen LogP contribution in [0.5, 0.6) is 0 Å². The average Bonchev–Trinajstić information content (AvgIpc) is 2.94. The van der Waals surface area contributed by atoms with Crippen molar-refractivity contribution in [3.05, 3.63) is 71.2 Å². The summed E-state index contributed by atoms with van der Waals surface area (Å²) in [6.07, 6.45) is 1.59. The van der Waals surface area contributed by atoms with Crippen LogP contribution in [0.3, 0.4) is 0 Å². The van der Waals surface area contributed by atoms with Crippen LogP contribution in [0, 0.1) is 5.82 Å². The molecule has 0 bridgehead atoms. The normalized spacial score (nSPS) is 10.7. The Kier molecular flexibility index (Phi) is 4.29. The molecule has 0 spiro atoms. The lowest BCUT2D eigenvalue weighted by Crippen LogP contribution is -2.22. The van der Waals surface area contributed by atoms with Gasteiger partial charge in [-0.1, -0.05) is 12.1 Å². The zero-order valence-electron chi connectivity index (χ0n) is 12.7. The highest BCUT2D eigenvalue weighted by atomic mass is 19.1. The molecule has 2 aromatic carbocycles. The number of nitrogens with one attached hydrogen (secondary N) is 2. The third-order valence-corrected chi connectivity index (χ3v) is 3.71. The lowest BCUT2D eigenvalue weighted by atomic mass is 10.1. The third-order valence-electron chi connectivity index (χ3n) is 3.71. The highest BCUT2D eigenvalue weighted by Crippen LogP contribution is 2.19. The van der Waals surface area contributed by atoms with Gasteiger partial charge in [-0.3, -0.25) is 9.59 Å².